The molecule has 1 amide bonds. The van der Waals surface area contributed by atoms with Crippen molar-refractivity contribution in [3.8, 4) is 5.75 Å². The van der Waals surface area contributed by atoms with Gasteiger partial charge in [0.05, 0.1) is 23.4 Å². The first-order valence-electron chi connectivity index (χ1n) is 10.3. The minimum atomic E-state index is -0.183. The fourth-order valence-corrected chi connectivity index (χ4v) is 4.24. The molecule has 1 heterocycles. The Hall–Kier alpha value is -1.95. The highest BCUT2D eigenvalue weighted by Crippen LogP contribution is 2.29. The third-order valence-corrected chi connectivity index (χ3v) is 6.40. The summed E-state index contributed by atoms with van der Waals surface area (Å²) in [6.07, 6.45) is 4.25. The third-order valence-electron chi connectivity index (χ3n) is 5.70. The highest BCUT2D eigenvalue weighted by atomic mass is 35.5. The van der Waals surface area contributed by atoms with Crippen LogP contribution in [0.15, 0.2) is 36.4 Å². The van der Waals surface area contributed by atoms with E-state index in [0.29, 0.717) is 34.5 Å². The second-order valence-corrected chi connectivity index (χ2v) is 8.58. The zero-order valence-electron chi connectivity index (χ0n) is 17.3. The van der Waals surface area contributed by atoms with Gasteiger partial charge in [-0.2, -0.15) is 0 Å². The number of piperidine rings is 1. The van der Waals surface area contributed by atoms with Crippen LogP contribution in [0.2, 0.25) is 10.0 Å². The molecule has 1 aliphatic rings. The highest BCUT2D eigenvalue weighted by molar-refractivity contribution is 6.33. The Morgan fingerprint density at radius 2 is 1.93 bits per heavy atom. The molecule has 2 aromatic rings. The van der Waals surface area contributed by atoms with E-state index in [1.165, 1.54) is 12.7 Å². The first-order valence-corrected chi connectivity index (χ1v) is 11.1. The number of benzene rings is 2. The number of halogens is 2. The van der Waals surface area contributed by atoms with Gasteiger partial charge in [-0.1, -0.05) is 41.4 Å². The van der Waals surface area contributed by atoms with E-state index in [1.54, 1.807) is 12.1 Å². The van der Waals surface area contributed by atoms with Crippen LogP contribution in [0.5, 0.6) is 5.75 Å². The van der Waals surface area contributed by atoms with Gasteiger partial charge in [0, 0.05) is 17.6 Å². The number of hydrogen-bond acceptors (Lipinski definition) is 4. The van der Waals surface area contributed by atoms with E-state index in [9.17, 15) is 4.79 Å². The molecule has 0 saturated carbocycles. The van der Waals surface area contributed by atoms with Crippen LogP contribution in [0.4, 0.5) is 5.69 Å². The van der Waals surface area contributed by atoms with Crippen molar-refractivity contribution in [2.24, 2.45) is 5.92 Å². The van der Waals surface area contributed by atoms with E-state index in [2.05, 4.69) is 16.3 Å². The smallest absolute Gasteiger partial charge is 0.255 e. The molecule has 0 radical (unpaired) electrons. The lowest BCUT2D eigenvalue weighted by atomic mass is 9.96. The Labute approximate surface area is 188 Å². The van der Waals surface area contributed by atoms with Crippen LogP contribution in [-0.2, 0) is 6.42 Å². The second-order valence-electron chi connectivity index (χ2n) is 7.76. The normalized spacial score (nSPS) is 15.2. The number of rotatable bonds is 8. The van der Waals surface area contributed by atoms with Crippen LogP contribution >= 0.6 is 23.2 Å². The minimum absolute atomic E-state index is 0.183. The molecule has 0 spiro atoms. The predicted octanol–water partition coefficient (Wildman–Crippen LogP) is 4.66. The fraction of sp³-hybridized carbons (Fsp3) is 0.435. The van der Waals surface area contributed by atoms with Gasteiger partial charge < -0.3 is 20.7 Å². The van der Waals surface area contributed by atoms with Crippen molar-refractivity contribution in [3.63, 3.8) is 0 Å². The van der Waals surface area contributed by atoms with E-state index in [0.717, 1.165) is 50.3 Å². The summed E-state index contributed by atoms with van der Waals surface area (Å²) in [7, 11) is 1.51. The predicted molar refractivity (Wildman–Crippen MR) is 124 cm³/mol. The summed E-state index contributed by atoms with van der Waals surface area (Å²) in [5.74, 6) is 0.724. The average molecular weight is 450 g/mol. The SMILES string of the molecule is COc1cc(Cl)c(N)cc1C(=O)NCC1CCN(CCCc2ccccc2Cl)CC1. The number of ether oxygens (including phenoxy) is 1. The van der Waals surface area contributed by atoms with Crippen LogP contribution < -0.4 is 15.8 Å². The van der Waals surface area contributed by atoms with E-state index >= 15 is 0 Å². The molecule has 162 valence electrons. The number of carbonyl (C=O) groups excluding carboxylic acids is 1. The van der Waals surface area contributed by atoms with Gasteiger partial charge in [-0.3, -0.25) is 4.79 Å². The molecule has 1 fully saturated rings. The summed E-state index contributed by atoms with van der Waals surface area (Å²) in [4.78, 5) is 15.1. The quantitative estimate of drug-likeness (QED) is 0.575. The van der Waals surface area contributed by atoms with Crippen LogP contribution in [0, 0.1) is 5.92 Å². The molecular formula is C23H29Cl2N3O2. The molecule has 0 atom stereocenters. The molecule has 1 saturated heterocycles. The van der Waals surface area contributed by atoms with Gasteiger partial charge in [-0.25, -0.2) is 0 Å². The fourth-order valence-electron chi connectivity index (χ4n) is 3.86. The third kappa shape index (κ3) is 6.03. The maximum absolute atomic E-state index is 12.6. The maximum Gasteiger partial charge on any atom is 0.255 e. The topological polar surface area (TPSA) is 67.6 Å². The van der Waals surface area contributed by atoms with E-state index in [4.69, 9.17) is 33.7 Å². The van der Waals surface area contributed by atoms with Crippen LogP contribution in [0.25, 0.3) is 0 Å². The number of nitrogens with one attached hydrogen (secondary N) is 1. The van der Waals surface area contributed by atoms with Gasteiger partial charge >= 0.3 is 0 Å². The van der Waals surface area contributed by atoms with Crippen LogP contribution in [0.1, 0.15) is 35.2 Å². The molecule has 0 aliphatic carbocycles. The number of aryl methyl sites for hydroxylation is 1. The van der Waals surface area contributed by atoms with Crippen molar-refractivity contribution >= 4 is 34.8 Å². The highest BCUT2D eigenvalue weighted by Gasteiger charge is 2.21. The molecule has 7 heteroatoms. The van der Waals surface area contributed by atoms with Crippen LogP contribution in [-0.4, -0.2) is 44.1 Å². The number of hydrogen-bond donors (Lipinski definition) is 2. The van der Waals surface area contributed by atoms with Crippen molar-refractivity contribution < 1.29 is 9.53 Å². The minimum Gasteiger partial charge on any atom is -0.496 e. The Morgan fingerprint density at radius 1 is 1.20 bits per heavy atom. The summed E-state index contributed by atoms with van der Waals surface area (Å²) in [6, 6.07) is 11.2. The number of nitrogens with two attached hydrogens (primary N) is 1. The molecule has 5 nitrogen and oxygen atoms in total. The number of carbonyl (C=O) groups is 1. The molecule has 0 unspecified atom stereocenters. The monoisotopic (exact) mass is 449 g/mol. The lowest BCUT2D eigenvalue weighted by Crippen LogP contribution is -2.39. The molecular weight excluding hydrogens is 421 g/mol. The van der Waals surface area contributed by atoms with Crippen molar-refractivity contribution in [2.45, 2.75) is 25.7 Å². The number of nitrogens with zero attached hydrogens (tertiary/aromatic N) is 1. The van der Waals surface area contributed by atoms with Crippen molar-refractivity contribution in [1.29, 1.82) is 0 Å². The molecule has 3 rings (SSSR count). The Kier molecular flexibility index (Phi) is 8.25. The van der Waals surface area contributed by atoms with Crippen molar-refractivity contribution in [2.75, 3.05) is 39.0 Å². The standard InChI is InChI=1S/C23H29Cl2N3O2/c1-30-22-14-20(25)21(26)13-18(22)23(29)27-15-16-8-11-28(12-9-16)10-4-6-17-5-2-3-7-19(17)24/h2-3,5,7,13-14,16H,4,6,8-12,15,26H2,1H3,(H,27,29). The molecule has 30 heavy (non-hydrogen) atoms. The zero-order chi connectivity index (χ0) is 21.5. The van der Waals surface area contributed by atoms with Crippen molar-refractivity contribution in [3.05, 3.63) is 57.6 Å². The maximum atomic E-state index is 12.6. The molecule has 1 aliphatic heterocycles. The number of nitrogen functional groups attached to an aromatic ring is 1. The summed E-state index contributed by atoms with van der Waals surface area (Å²) in [5.41, 5.74) is 7.84. The van der Waals surface area contributed by atoms with Gasteiger partial charge in [-0.15, -0.1) is 0 Å². The Morgan fingerprint density at radius 3 is 2.63 bits per heavy atom. The van der Waals surface area contributed by atoms with Gasteiger partial charge in [0.25, 0.3) is 5.91 Å². The largest absolute Gasteiger partial charge is 0.496 e. The molecule has 2 aromatic carbocycles. The number of amides is 1. The van der Waals surface area contributed by atoms with Gasteiger partial charge in [0.1, 0.15) is 5.75 Å². The number of anilines is 1. The molecule has 0 aromatic heterocycles. The Bertz CT molecular complexity index is 868. The summed E-state index contributed by atoms with van der Waals surface area (Å²) in [6.45, 7) is 3.84. The summed E-state index contributed by atoms with van der Waals surface area (Å²) >= 11 is 12.2. The van der Waals surface area contributed by atoms with E-state index in [-0.39, 0.29) is 5.91 Å². The average Bonchev–Trinajstić information content (AvgIpc) is 2.76. The second kappa shape index (κ2) is 10.9. The van der Waals surface area contributed by atoms with Crippen LogP contribution in [0.3, 0.4) is 0 Å². The van der Waals surface area contributed by atoms with Crippen molar-refractivity contribution in [1.82, 2.24) is 10.2 Å². The summed E-state index contributed by atoms with van der Waals surface area (Å²) < 4.78 is 5.27. The zero-order valence-corrected chi connectivity index (χ0v) is 18.8. The van der Waals surface area contributed by atoms with E-state index < -0.39 is 0 Å². The van der Waals surface area contributed by atoms with Gasteiger partial charge in [0.2, 0.25) is 0 Å². The van der Waals surface area contributed by atoms with Gasteiger partial charge in [-0.05, 0) is 68.9 Å². The molecule has 3 N–H and O–H groups in total. The summed E-state index contributed by atoms with van der Waals surface area (Å²) in [5, 5.41) is 4.26. The number of likely N-dealkylation sites (tertiary alicyclic amines) is 1. The number of methoxy groups -OCH3 is 1. The lowest BCUT2D eigenvalue weighted by molar-refractivity contribution is 0.0933. The first-order chi connectivity index (χ1) is 14.5. The van der Waals surface area contributed by atoms with Gasteiger partial charge in [0.15, 0.2) is 0 Å². The Balaban J connectivity index is 1.40. The lowest BCUT2D eigenvalue weighted by Gasteiger charge is -2.32. The van der Waals surface area contributed by atoms with E-state index in [1.807, 2.05) is 18.2 Å². The first kappa shape index (κ1) is 22.7. The molecule has 0 bridgehead atoms.